The number of amides is 1. The molecule has 0 radical (unpaired) electrons. The molecule has 2 rings (SSSR count). The number of carbonyl (C=O) groups is 2. The van der Waals surface area contributed by atoms with Crippen LogP contribution in [0.1, 0.15) is 12.0 Å². The Balaban J connectivity index is 1.96. The van der Waals surface area contributed by atoms with Crippen molar-refractivity contribution < 1.29 is 19.4 Å². The minimum Gasteiger partial charge on any atom is -0.497 e. The second kappa shape index (κ2) is 6.89. The lowest BCUT2D eigenvalue weighted by atomic mass is 10.2. The van der Waals surface area contributed by atoms with Gasteiger partial charge in [-0.25, -0.2) is 0 Å². The zero-order chi connectivity index (χ0) is 15.2. The Morgan fingerprint density at radius 3 is 2.81 bits per heavy atom. The normalized spacial score (nSPS) is 20.0. The maximum Gasteiger partial charge on any atom is 0.305 e. The number of amidine groups is 1. The molecule has 110 valence electrons. The van der Waals surface area contributed by atoms with E-state index in [-0.39, 0.29) is 12.3 Å². The van der Waals surface area contributed by atoms with Crippen LogP contribution in [0.2, 0.25) is 0 Å². The summed E-state index contributed by atoms with van der Waals surface area (Å²) in [4.78, 5) is 22.1. The van der Waals surface area contributed by atoms with Gasteiger partial charge < -0.3 is 15.2 Å². The molecule has 1 atom stereocenters. The fourth-order valence-electron chi connectivity index (χ4n) is 1.58. The van der Waals surface area contributed by atoms with Crippen molar-refractivity contribution in [3.63, 3.8) is 0 Å². The van der Waals surface area contributed by atoms with E-state index in [4.69, 9.17) is 9.84 Å². The number of hydrogen-bond acceptors (Lipinski definition) is 6. The zero-order valence-electron chi connectivity index (χ0n) is 11.1. The molecule has 0 unspecified atom stereocenters. The summed E-state index contributed by atoms with van der Waals surface area (Å²) in [5, 5.41) is 18.5. The van der Waals surface area contributed by atoms with Crippen molar-refractivity contribution in [3.8, 4) is 5.75 Å². The van der Waals surface area contributed by atoms with E-state index in [1.807, 2.05) is 12.1 Å². The van der Waals surface area contributed by atoms with Crippen LogP contribution in [0.25, 0.3) is 0 Å². The summed E-state index contributed by atoms with van der Waals surface area (Å²) in [5.41, 5.74) is 0.830. The number of carboxylic acid groups (broad SMARTS) is 1. The summed E-state index contributed by atoms with van der Waals surface area (Å²) in [7, 11) is 1.59. The summed E-state index contributed by atoms with van der Waals surface area (Å²) < 4.78 is 5.04. The molecule has 1 aliphatic heterocycles. The highest BCUT2D eigenvalue weighted by molar-refractivity contribution is 8.15. The molecule has 0 spiro atoms. The van der Waals surface area contributed by atoms with Gasteiger partial charge in [0.1, 0.15) is 11.0 Å². The lowest BCUT2D eigenvalue weighted by Crippen LogP contribution is -2.26. The summed E-state index contributed by atoms with van der Waals surface area (Å²) >= 11 is 1.06. The van der Waals surface area contributed by atoms with Crippen LogP contribution in [0.4, 0.5) is 0 Å². The number of ether oxygens (including phenoxy) is 1. The van der Waals surface area contributed by atoms with E-state index in [9.17, 15) is 9.59 Å². The van der Waals surface area contributed by atoms with E-state index in [0.717, 1.165) is 23.1 Å². The zero-order valence-corrected chi connectivity index (χ0v) is 12.0. The molecule has 1 fully saturated rings. The maximum atomic E-state index is 11.5. The second-order valence-electron chi connectivity index (χ2n) is 4.12. The van der Waals surface area contributed by atoms with Gasteiger partial charge in [-0.3, -0.25) is 9.59 Å². The molecule has 21 heavy (non-hydrogen) atoms. The first kappa shape index (κ1) is 15.0. The molecule has 0 aliphatic carbocycles. The molecule has 1 saturated heterocycles. The molecule has 1 heterocycles. The third kappa shape index (κ3) is 4.32. The number of nitrogens with zero attached hydrogens (tertiary/aromatic N) is 2. The molecular formula is C13H13N3O4S. The van der Waals surface area contributed by atoms with Crippen LogP contribution in [0.3, 0.4) is 0 Å². The van der Waals surface area contributed by atoms with Crippen LogP contribution in [0, 0.1) is 0 Å². The van der Waals surface area contributed by atoms with Gasteiger partial charge >= 0.3 is 5.97 Å². The first-order valence-corrected chi connectivity index (χ1v) is 6.91. The van der Waals surface area contributed by atoms with Gasteiger partial charge in [-0.05, 0) is 29.8 Å². The molecule has 1 amide bonds. The summed E-state index contributed by atoms with van der Waals surface area (Å²) in [6, 6.07) is 7.22. The number of benzene rings is 1. The van der Waals surface area contributed by atoms with E-state index in [1.54, 1.807) is 19.2 Å². The molecule has 1 aromatic carbocycles. The highest BCUT2D eigenvalue weighted by Gasteiger charge is 2.32. The van der Waals surface area contributed by atoms with E-state index < -0.39 is 11.2 Å². The van der Waals surface area contributed by atoms with Gasteiger partial charge in [-0.2, -0.15) is 5.10 Å². The number of methoxy groups -OCH3 is 1. The lowest BCUT2D eigenvalue weighted by Gasteiger charge is -1.98. The number of rotatable bonds is 5. The van der Waals surface area contributed by atoms with Gasteiger partial charge in [0.15, 0.2) is 5.17 Å². The molecule has 1 aromatic rings. The minimum absolute atomic E-state index is 0.238. The fraction of sp³-hybridized carbons (Fsp3) is 0.231. The largest absolute Gasteiger partial charge is 0.497 e. The Labute approximate surface area is 125 Å². The predicted octanol–water partition coefficient (Wildman–Crippen LogP) is 1.09. The number of carboxylic acids is 1. The van der Waals surface area contributed by atoms with Crippen LogP contribution in [0.15, 0.2) is 34.5 Å². The number of thioether (sulfide) groups is 1. The molecular weight excluding hydrogens is 294 g/mol. The highest BCUT2D eigenvalue weighted by atomic mass is 32.2. The standard InChI is InChI=1S/C13H13N3O4S/c1-20-9-4-2-8(3-5-9)7-14-16-13-15-12(19)10(21-13)6-11(17)18/h2-5,7,10H,6H2,1H3,(H,17,18)(H,15,16,19)/b14-7-/t10-/m0/s1. The number of aliphatic carboxylic acids is 1. The first-order chi connectivity index (χ1) is 10.1. The van der Waals surface area contributed by atoms with E-state index in [0.29, 0.717) is 5.17 Å². The Bertz CT molecular complexity index is 598. The van der Waals surface area contributed by atoms with Crippen molar-refractivity contribution in [3.05, 3.63) is 29.8 Å². The Hall–Kier alpha value is -2.35. The van der Waals surface area contributed by atoms with Crippen LogP contribution < -0.4 is 10.1 Å². The van der Waals surface area contributed by atoms with E-state index in [1.165, 1.54) is 6.21 Å². The van der Waals surface area contributed by atoms with Crippen molar-refractivity contribution in [2.45, 2.75) is 11.7 Å². The average Bonchev–Trinajstić information content (AvgIpc) is 2.79. The number of nitrogens with one attached hydrogen (secondary N) is 1. The van der Waals surface area contributed by atoms with Gasteiger partial charge in [-0.15, -0.1) is 5.10 Å². The first-order valence-electron chi connectivity index (χ1n) is 6.03. The van der Waals surface area contributed by atoms with Crippen LogP contribution in [-0.4, -0.2) is 40.7 Å². The monoisotopic (exact) mass is 307 g/mol. The Morgan fingerprint density at radius 2 is 2.19 bits per heavy atom. The number of carbonyl (C=O) groups excluding carboxylic acids is 1. The molecule has 0 aromatic heterocycles. The molecule has 0 saturated carbocycles. The van der Waals surface area contributed by atoms with E-state index >= 15 is 0 Å². The molecule has 1 aliphatic rings. The van der Waals surface area contributed by atoms with Crippen LogP contribution in [0.5, 0.6) is 5.75 Å². The summed E-state index contributed by atoms with van der Waals surface area (Å²) in [6.45, 7) is 0. The van der Waals surface area contributed by atoms with Gasteiger partial charge in [0.05, 0.1) is 19.7 Å². The van der Waals surface area contributed by atoms with Crippen molar-refractivity contribution in [2.75, 3.05) is 7.11 Å². The van der Waals surface area contributed by atoms with Gasteiger partial charge in [-0.1, -0.05) is 11.8 Å². The third-order valence-electron chi connectivity index (χ3n) is 2.61. The van der Waals surface area contributed by atoms with Crippen molar-refractivity contribution >= 4 is 35.0 Å². The highest BCUT2D eigenvalue weighted by Crippen LogP contribution is 2.22. The number of hydrogen-bond donors (Lipinski definition) is 2. The quantitative estimate of drug-likeness (QED) is 0.626. The molecule has 7 nitrogen and oxygen atoms in total. The molecule has 0 bridgehead atoms. The fourth-order valence-corrected chi connectivity index (χ4v) is 2.50. The third-order valence-corrected chi connectivity index (χ3v) is 3.68. The molecule has 2 N–H and O–H groups in total. The van der Waals surface area contributed by atoms with E-state index in [2.05, 4.69) is 15.5 Å². The van der Waals surface area contributed by atoms with Crippen LogP contribution >= 0.6 is 11.8 Å². The van der Waals surface area contributed by atoms with Gasteiger partial charge in [0, 0.05) is 0 Å². The topological polar surface area (TPSA) is 100 Å². The van der Waals surface area contributed by atoms with Crippen molar-refractivity contribution in [1.29, 1.82) is 0 Å². The lowest BCUT2D eigenvalue weighted by molar-refractivity contribution is -0.138. The second-order valence-corrected chi connectivity index (χ2v) is 5.31. The smallest absolute Gasteiger partial charge is 0.305 e. The predicted molar refractivity (Wildman–Crippen MR) is 79.8 cm³/mol. The van der Waals surface area contributed by atoms with Crippen LogP contribution in [-0.2, 0) is 9.59 Å². The summed E-state index contributed by atoms with van der Waals surface area (Å²) in [6.07, 6.45) is 1.29. The van der Waals surface area contributed by atoms with Gasteiger partial charge in [0.2, 0.25) is 5.91 Å². The summed E-state index contributed by atoms with van der Waals surface area (Å²) in [5.74, 6) is -0.639. The SMILES string of the molecule is COc1ccc(/C=N\N=C2/NC(=O)[C@H](CC(=O)O)S2)cc1. The Kier molecular flexibility index (Phi) is 4.94. The van der Waals surface area contributed by atoms with Crippen molar-refractivity contribution in [1.82, 2.24) is 5.32 Å². The minimum atomic E-state index is -1.02. The van der Waals surface area contributed by atoms with Crippen molar-refractivity contribution in [2.24, 2.45) is 10.2 Å². The molecule has 8 heteroatoms. The Morgan fingerprint density at radius 1 is 1.48 bits per heavy atom. The maximum absolute atomic E-state index is 11.5. The van der Waals surface area contributed by atoms with Gasteiger partial charge in [0.25, 0.3) is 0 Å². The average molecular weight is 307 g/mol.